The smallest absolute Gasteiger partial charge is 0.0639 e. The molecule has 0 bridgehead atoms. The molecule has 0 saturated carbocycles. The Hall–Kier alpha value is -4.92. The fourth-order valence-electron chi connectivity index (χ4n) is 6.04. The van der Waals surface area contributed by atoms with Gasteiger partial charge < -0.3 is 4.90 Å². The molecule has 1 heterocycles. The van der Waals surface area contributed by atoms with Crippen LogP contribution in [0.15, 0.2) is 152 Å². The average molecular weight is 528 g/mol. The molecule has 0 fully saturated rings. The number of para-hydroxylation sites is 1. The van der Waals surface area contributed by atoms with Crippen molar-refractivity contribution in [3.63, 3.8) is 0 Å². The summed E-state index contributed by atoms with van der Waals surface area (Å²) in [6.07, 6.45) is 0. The molecule has 0 aliphatic heterocycles. The Labute approximate surface area is 237 Å². The van der Waals surface area contributed by atoms with Crippen molar-refractivity contribution in [1.82, 2.24) is 0 Å². The third-order valence-electron chi connectivity index (χ3n) is 7.80. The van der Waals surface area contributed by atoms with E-state index in [1.54, 1.807) is 0 Å². The number of rotatable bonds is 4. The highest BCUT2D eigenvalue weighted by atomic mass is 32.1. The molecule has 0 spiro atoms. The van der Waals surface area contributed by atoms with Crippen molar-refractivity contribution in [2.45, 2.75) is 0 Å². The lowest BCUT2D eigenvalue weighted by molar-refractivity contribution is 1.31. The van der Waals surface area contributed by atoms with E-state index in [4.69, 9.17) is 0 Å². The number of nitrogens with zero attached hydrogens (tertiary/aromatic N) is 1. The van der Waals surface area contributed by atoms with Gasteiger partial charge in [0.1, 0.15) is 0 Å². The van der Waals surface area contributed by atoms with Gasteiger partial charge in [-0.05, 0) is 52.1 Å². The maximum Gasteiger partial charge on any atom is 0.0639 e. The normalized spacial score (nSPS) is 11.5. The van der Waals surface area contributed by atoms with Crippen LogP contribution >= 0.6 is 11.3 Å². The first kappa shape index (κ1) is 23.0. The standard InChI is InChI=1S/C38H25NS/c1-3-14-27(15-4-1)35-31-19-9-10-20-32(31)38-36(33-21-11-12-22-34(33)40-38)37(35)39(29-17-5-2-6-18-29)30-24-23-26-13-7-8-16-28(26)25-30/h1-25H. The number of benzene rings is 7. The SMILES string of the molecule is c1ccc(-c2c(N(c3ccccc3)c3ccc4ccccc4c3)c3c4ccccc4sc3c3ccccc23)cc1. The van der Waals surface area contributed by atoms with Gasteiger partial charge in [0, 0.05) is 42.5 Å². The van der Waals surface area contributed by atoms with Gasteiger partial charge in [-0.2, -0.15) is 0 Å². The largest absolute Gasteiger partial charge is 0.309 e. The molecule has 1 nitrogen and oxygen atoms in total. The summed E-state index contributed by atoms with van der Waals surface area (Å²) in [5, 5.41) is 7.64. The molecule has 0 amide bonds. The van der Waals surface area contributed by atoms with E-state index >= 15 is 0 Å². The fourth-order valence-corrected chi connectivity index (χ4v) is 7.29. The molecule has 40 heavy (non-hydrogen) atoms. The highest BCUT2D eigenvalue weighted by Gasteiger charge is 2.25. The average Bonchev–Trinajstić information content (AvgIpc) is 3.42. The van der Waals surface area contributed by atoms with Gasteiger partial charge in [-0.15, -0.1) is 11.3 Å². The number of hydrogen-bond donors (Lipinski definition) is 0. The van der Waals surface area contributed by atoms with E-state index in [2.05, 4.69) is 157 Å². The second-order valence-corrected chi connectivity index (χ2v) is 11.2. The molecule has 2 heteroatoms. The van der Waals surface area contributed by atoms with Gasteiger partial charge in [-0.1, -0.05) is 121 Å². The Bertz CT molecular complexity index is 2160. The Kier molecular flexibility index (Phi) is 5.39. The highest BCUT2D eigenvalue weighted by Crippen LogP contribution is 2.53. The quantitative estimate of drug-likeness (QED) is 0.220. The second kappa shape index (κ2) is 9.37. The summed E-state index contributed by atoms with van der Waals surface area (Å²) in [4.78, 5) is 2.47. The molecule has 1 aromatic heterocycles. The Morgan fingerprint density at radius 2 is 1.07 bits per heavy atom. The van der Waals surface area contributed by atoms with E-state index in [0.717, 1.165) is 11.4 Å². The summed E-state index contributed by atoms with van der Waals surface area (Å²) >= 11 is 1.89. The predicted molar refractivity (Wildman–Crippen MR) is 174 cm³/mol. The van der Waals surface area contributed by atoms with Crippen LogP contribution in [0.25, 0.3) is 52.8 Å². The van der Waals surface area contributed by atoms with Crippen molar-refractivity contribution < 1.29 is 0 Å². The lowest BCUT2D eigenvalue weighted by atomic mass is 9.91. The van der Waals surface area contributed by atoms with E-state index in [1.807, 2.05) is 11.3 Å². The van der Waals surface area contributed by atoms with Crippen molar-refractivity contribution in [3.05, 3.63) is 152 Å². The summed E-state index contributed by atoms with van der Waals surface area (Å²) in [5.74, 6) is 0. The van der Waals surface area contributed by atoms with Crippen LogP contribution in [-0.4, -0.2) is 0 Å². The van der Waals surface area contributed by atoms with Gasteiger partial charge in [-0.25, -0.2) is 0 Å². The first-order valence-electron chi connectivity index (χ1n) is 13.6. The number of thiophene rings is 1. The molecular weight excluding hydrogens is 502 g/mol. The minimum atomic E-state index is 1.14. The summed E-state index contributed by atoms with van der Waals surface area (Å²) < 4.78 is 2.63. The zero-order chi connectivity index (χ0) is 26.5. The summed E-state index contributed by atoms with van der Waals surface area (Å²) in [6.45, 7) is 0. The molecule has 8 rings (SSSR count). The van der Waals surface area contributed by atoms with Crippen molar-refractivity contribution in [2.24, 2.45) is 0 Å². The van der Waals surface area contributed by atoms with E-state index in [0.29, 0.717) is 0 Å². The molecule has 0 saturated heterocycles. The molecular formula is C38H25NS. The van der Waals surface area contributed by atoms with E-state index in [-0.39, 0.29) is 0 Å². The van der Waals surface area contributed by atoms with Crippen LogP contribution in [0.4, 0.5) is 17.1 Å². The van der Waals surface area contributed by atoms with Crippen LogP contribution in [0.2, 0.25) is 0 Å². The Morgan fingerprint density at radius 3 is 1.88 bits per heavy atom. The number of hydrogen-bond acceptors (Lipinski definition) is 2. The molecule has 7 aromatic carbocycles. The van der Waals surface area contributed by atoms with Crippen LogP contribution in [0.3, 0.4) is 0 Å². The highest BCUT2D eigenvalue weighted by molar-refractivity contribution is 7.26. The van der Waals surface area contributed by atoms with Gasteiger partial charge in [0.25, 0.3) is 0 Å². The molecule has 0 unspecified atom stereocenters. The van der Waals surface area contributed by atoms with Gasteiger partial charge in [0.2, 0.25) is 0 Å². The van der Waals surface area contributed by atoms with Crippen molar-refractivity contribution in [2.75, 3.05) is 4.90 Å². The van der Waals surface area contributed by atoms with Crippen LogP contribution in [0, 0.1) is 0 Å². The van der Waals surface area contributed by atoms with Crippen LogP contribution in [0.5, 0.6) is 0 Å². The van der Waals surface area contributed by atoms with E-state index < -0.39 is 0 Å². The first-order valence-corrected chi connectivity index (χ1v) is 14.4. The summed E-state index contributed by atoms with van der Waals surface area (Å²) in [7, 11) is 0. The zero-order valence-electron chi connectivity index (χ0n) is 21.8. The number of fused-ring (bicyclic) bond motifs is 6. The van der Waals surface area contributed by atoms with Gasteiger partial charge >= 0.3 is 0 Å². The minimum Gasteiger partial charge on any atom is -0.309 e. The second-order valence-electron chi connectivity index (χ2n) is 10.1. The van der Waals surface area contributed by atoms with Crippen LogP contribution in [0.1, 0.15) is 0 Å². The van der Waals surface area contributed by atoms with E-state index in [1.165, 1.54) is 58.5 Å². The molecule has 8 aromatic rings. The third-order valence-corrected chi connectivity index (χ3v) is 9.01. The fraction of sp³-hybridized carbons (Fsp3) is 0. The lowest BCUT2D eigenvalue weighted by Crippen LogP contribution is -2.12. The molecule has 188 valence electrons. The molecule has 0 atom stereocenters. The minimum absolute atomic E-state index is 1.14. The zero-order valence-corrected chi connectivity index (χ0v) is 22.6. The predicted octanol–water partition coefficient (Wildman–Crippen LogP) is 11.5. The topological polar surface area (TPSA) is 3.24 Å². The first-order chi connectivity index (χ1) is 19.9. The van der Waals surface area contributed by atoms with Crippen molar-refractivity contribution in [3.8, 4) is 11.1 Å². The summed E-state index contributed by atoms with van der Waals surface area (Å²) in [5.41, 5.74) is 5.98. The molecule has 0 aliphatic rings. The maximum absolute atomic E-state index is 2.47. The summed E-state index contributed by atoms with van der Waals surface area (Å²) in [6, 6.07) is 54.9. The Morgan fingerprint density at radius 1 is 0.450 bits per heavy atom. The van der Waals surface area contributed by atoms with Crippen LogP contribution in [-0.2, 0) is 0 Å². The van der Waals surface area contributed by atoms with Gasteiger partial charge in [0.15, 0.2) is 0 Å². The number of anilines is 3. The van der Waals surface area contributed by atoms with Crippen LogP contribution < -0.4 is 4.90 Å². The lowest BCUT2D eigenvalue weighted by Gasteiger charge is -2.30. The van der Waals surface area contributed by atoms with E-state index in [9.17, 15) is 0 Å². The van der Waals surface area contributed by atoms with Gasteiger partial charge in [0.05, 0.1) is 5.69 Å². The van der Waals surface area contributed by atoms with Crippen molar-refractivity contribution in [1.29, 1.82) is 0 Å². The third kappa shape index (κ3) is 3.61. The van der Waals surface area contributed by atoms with Crippen molar-refractivity contribution >= 4 is 70.1 Å². The molecule has 0 aliphatic carbocycles. The monoisotopic (exact) mass is 527 g/mol. The van der Waals surface area contributed by atoms with Gasteiger partial charge in [-0.3, -0.25) is 0 Å². The molecule has 0 N–H and O–H groups in total. The Balaban J connectivity index is 1.61. The molecule has 0 radical (unpaired) electrons. The maximum atomic E-state index is 2.47.